The number of benzene rings is 1. The molecular formula is C17H23Cl2N3O4. The van der Waals surface area contributed by atoms with Crippen LogP contribution in [-0.2, 0) is 4.79 Å². The molecule has 2 aliphatic rings. The van der Waals surface area contributed by atoms with Gasteiger partial charge in [0, 0.05) is 23.7 Å². The number of halogens is 2. The van der Waals surface area contributed by atoms with Crippen molar-refractivity contribution in [1.82, 2.24) is 10.6 Å². The van der Waals surface area contributed by atoms with Gasteiger partial charge in [0.05, 0.1) is 12.1 Å². The van der Waals surface area contributed by atoms with Gasteiger partial charge in [0.1, 0.15) is 0 Å². The Bertz CT molecular complexity index is 674. The molecule has 2 bridgehead atoms. The third-order valence-corrected chi connectivity index (χ3v) is 4.94. The highest BCUT2D eigenvalue weighted by atomic mass is 35.5. The molecule has 3 rings (SSSR count). The number of piperidine rings is 1. The first-order valence-electron chi connectivity index (χ1n) is 8.31. The van der Waals surface area contributed by atoms with E-state index in [1.165, 1.54) is 26.0 Å². The first kappa shape index (κ1) is 20.6. The Morgan fingerprint density at radius 1 is 1.31 bits per heavy atom. The van der Waals surface area contributed by atoms with Crippen molar-refractivity contribution >= 4 is 35.8 Å². The zero-order valence-electron chi connectivity index (χ0n) is 14.4. The number of carbonyl (C=O) groups is 2. The maximum Gasteiger partial charge on any atom is 0.255 e. The van der Waals surface area contributed by atoms with Gasteiger partial charge in [-0.15, -0.1) is 12.4 Å². The summed E-state index contributed by atoms with van der Waals surface area (Å²) in [5, 5.41) is 6.81. The maximum atomic E-state index is 12.6. The molecule has 0 aliphatic carbocycles. The first-order valence-corrected chi connectivity index (χ1v) is 8.69. The van der Waals surface area contributed by atoms with E-state index in [0.717, 1.165) is 12.8 Å². The molecule has 2 fully saturated rings. The highest BCUT2D eigenvalue weighted by Crippen LogP contribution is 2.36. The Morgan fingerprint density at radius 2 is 1.96 bits per heavy atom. The SMILES string of the molecule is COc1cc(C(=O)NC2CC3CCC(C2)N3)cc(Cl)c1OCC(N)=O.Cl. The number of fused-ring (bicyclic) bond motifs is 2. The van der Waals surface area contributed by atoms with Gasteiger partial charge in [-0.2, -0.15) is 0 Å². The number of nitrogens with one attached hydrogen (secondary N) is 2. The van der Waals surface area contributed by atoms with Crippen molar-refractivity contribution in [2.75, 3.05) is 13.7 Å². The van der Waals surface area contributed by atoms with Gasteiger partial charge >= 0.3 is 0 Å². The summed E-state index contributed by atoms with van der Waals surface area (Å²) in [6, 6.07) is 4.19. The predicted molar refractivity (Wildman–Crippen MR) is 100 cm³/mol. The number of amides is 2. The van der Waals surface area contributed by atoms with Crippen molar-refractivity contribution < 1.29 is 19.1 Å². The molecular weight excluding hydrogens is 381 g/mol. The molecule has 1 aromatic carbocycles. The van der Waals surface area contributed by atoms with Crippen LogP contribution in [0, 0.1) is 0 Å². The fourth-order valence-electron chi connectivity index (χ4n) is 3.58. The molecule has 2 heterocycles. The molecule has 2 aliphatic heterocycles. The molecule has 2 unspecified atom stereocenters. The van der Waals surface area contributed by atoms with Crippen molar-refractivity contribution in [3.63, 3.8) is 0 Å². The van der Waals surface area contributed by atoms with Crippen LogP contribution in [0.25, 0.3) is 0 Å². The molecule has 9 heteroatoms. The Balaban J connectivity index is 0.00000243. The summed E-state index contributed by atoms with van der Waals surface area (Å²) in [6.07, 6.45) is 4.21. The van der Waals surface area contributed by atoms with Crippen molar-refractivity contribution in [2.45, 2.75) is 43.8 Å². The normalized spacial score (nSPS) is 23.7. The molecule has 2 atom stereocenters. The maximum absolute atomic E-state index is 12.6. The summed E-state index contributed by atoms with van der Waals surface area (Å²) in [6.45, 7) is -0.320. The lowest BCUT2D eigenvalue weighted by atomic mass is 9.99. The average Bonchev–Trinajstić information content (AvgIpc) is 2.91. The molecule has 26 heavy (non-hydrogen) atoms. The summed E-state index contributed by atoms with van der Waals surface area (Å²) >= 11 is 6.19. The monoisotopic (exact) mass is 403 g/mol. The largest absolute Gasteiger partial charge is 0.493 e. The summed E-state index contributed by atoms with van der Waals surface area (Å²) in [7, 11) is 1.44. The van der Waals surface area contributed by atoms with Gasteiger partial charge < -0.3 is 25.8 Å². The number of methoxy groups -OCH3 is 1. The van der Waals surface area contributed by atoms with Gasteiger partial charge in [-0.3, -0.25) is 9.59 Å². The van der Waals surface area contributed by atoms with Crippen LogP contribution in [0.5, 0.6) is 11.5 Å². The van der Waals surface area contributed by atoms with Gasteiger partial charge in [-0.25, -0.2) is 0 Å². The van der Waals surface area contributed by atoms with Gasteiger partial charge in [0.15, 0.2) is 18.1 Å². The van der Waals surface area contributed by atoms with E-state index in [2.05, 4.69) is 10.6 Å². The number of rotatable bonds is 6. The van der Waals surface area contributed by atoms with Crippen LogP contribution >= 0.6 is 24.0 Å². The van der Waals surface area contributed by atoms with Crippen LogP contribution in [0.2, 0.25) is 5.02 Å². The van der Waals surface area contributed by atoms with Gasteiger partial charge in [-0.1, -0.05) is 11.6 Å². The molecule has 1 aromatic rings. The Labute approximate surface area is 163 Å². The van der Waals surface area contributed by atoms with Crippen LogP contribution in [0.15, 0.2) is 12.1 Å². The fourth-order valence-corrected chi connectivity index (χ4v) is 3.84. The first-order chi connectivity index (χ1) is 12.0. The molecule has 0 aromatic heterocycles. The van der Waals surface area contributed by atoms with E-state index >= 15 is 0 Å². The van der Waals surface area contributed by atoms with E-state index < -0.39 is 5.91 Å². The van der Waals surface area contributed by atoms with E-state index in [1.54, 1.807) is 6.07 Å². The number of hydrogen-bond acceptors (Lipinski definition) is 5. The summed E-state index contributed by atoms with van der Waals surface area (Å²) in [4.78, 5) is 23.5. The second kappa shape index (κ2) is 8.79. The third kappa shape index (κ3) is 4.72. The van der Waals surface area contributed by atoms with Crippen LogP contribution in [0.4, 0.5) is 0 Å². The van der Waals surface area contributed by atoms with E-state index in [1.807, 2.05) is 0 Å². The van der Waals surface area contributed by atoms with E-state index in [9.17, 15) is 9.59 Å². The number of ether oxygens (including phenoxy) is 2. The van der Waals surface area contributed by atoms with Crippen molar-refractivity contribution in [3.05, 3.63) is 22.7 Å². The Hall–Kier alpha value is -1.70. The quantitative estimate of drug-likeness (QED) is 0.669. The van der Waals surface area contributed by atoms with E-state index in [4.69, 9.17) is 26.8 Å². The molecule has 7 nitrogen and oxygen atoms in total. The zero-order chi connectivity index (χ0) is 18.0. The minimum Gasteiger partial charge on any atom is -0.493 e. The van der Waals surface area contributed by atoms with Crippen LogP contribution in [0.3, 0.4) is 0 Å². The molecule has 144 valence electrons. The number of hydrogen-bond donors (Lipinski definition) is 3. The van der Waals surface area contributed by atoms with Crippen molar-refractivity contribution in [2.24, 2.45) is 5.73 Å². The minimum atomic E-state index is -0.625. The van der Waals surface area contributed by atoms with Gasteiger partial charge in [0.25, 0.3) is 11.8 Å². The lowest BCUT2D eigenvalue weighted by Gasteiger charge is -2.29. The molecule has 2 saturated heterocycles. The average molecular weight is 404 g/mol. The van der Waals surface area contributed by atoms with Crippen LogP contribution in [0.1, 0.15) is 36.0 Å². The Morgan fingerprint density at radius 3 is 2.54 bits per heavy atom. The lowest BCUT2D eigenvalue weighted by Crippen LogP contribution is -2.48. The molecule has 0 saturated carbocycles. The van der Waals surface area contributed by atoms with Crippen molar-refractivity contribution in [1.29, 1.82) is 0 Å². The highest BCUT2D eigenvalue weighted by molar-refractivity contribution is 6.32. The third-order valence-electron chi connectivity index (χ3n) is 4.66. The Kier molecular flexibility index (Phi) is 6.97. The van der Waals surface area contributed by atoms with Gasteiger partial charge in [-0.05, 0) is 37.8 Å². The topological polar surface area (TPSA) is 103 Å². The summed E-state index contributed by atoms with van der Waals surface area (Å²) < 4.78 is 10.5. The summed E-state index contributed by atoms with van der Waals surface area (Å²) in [5.41, 5.74) is 5.46. The second-order valence-electron chi connectivity index (χ2n) is 6.52. The van der Waals surface area contributed by atoms with E-state index in [0.29, 0.717) is 17.6 Å². The van der Waals surface area contributed by atoms with Crippen LogP contribution < -0.4 is 25.8 Å². The van der Waals surface area contributed by atoms with Crippen LogP contribution in [-0.4, -0.2) is 43.7 Å². The molecule has 0 spiro atoms. The van der Waals surface area contributed by atoms with Gasteiger partial charge in [0.2, 0.25) is 0 Å². The molecule has 4 N–H and O–H groups in total. The standard InChI is InChI=1S/C17H22ClN3O4.ClH/c1-24-14-5-9(4-13(18)16(14)25-8-15(19)22)17(23)21-12-6-10-2-3-11(7-12)20-10;/h4-5,10-12,20H,2-3,6-8H2,1H3,(H2,19,22)(H,21,23);1H. The minimum absolute atomic E-state index is 0. The number of carbonyl (C=O) groups excluding carboxylic acids is 2. The lowest BCUT2D eigenvalue weighted by molar-refractivity contribution is -0.119. The van der Waals surface area contributed by atoms with Crippen molar-refractivity contribution in [3.8, 4) is 11.5 Å². The molecule has 0 radical (unpaired) electrons. The second-order valence-corrected chi connectivity index (χ2v) is 6.93. The number of primary amides is 1. The number of nitrogens with two attached hydrogens (primary N) is 1. The smallest absolute Gasteiger partial charge is 0.255 e. The zero-order valence-corrected chi connectivity index (χ0v) is 16.0. The fraction of sp³-hybridized carbons (Fsp3) is 0.529. The predicted octanol–water partition coefficient (Wildman–Crippen LogP) is 1.65. The summed E-state index contributed by atoms with van der Waals surface area (Å²) in [5.74, 6) is -0.350. The van der Waals surface area contributed by atoms with E-state index in [-0.39, 0.29) is 47.5 Å². The molecule has 2 amide bonds. The highest BCUT2D eigenvalue weighted by Gasteiger charge is 2.34.